The van der Waals surface area contributed by atoms with Crippen molar-refractivity contribution in [2.75, 3.05) is 53.3 Å². The quantitative estimate of drug-likeness (QED) is 0.163. The zero-order valence-corrected chi connectivity index (χ0v) is 17.2. The first-order chi connectivity index (χ1) is 13.4. The molecular weight excluding hydrogens is 370 g/mol. The van der Waals surface area contributed by atoms with Crippen molar-refractivity contribution in [3.8, 4) is 0 Å². The fraction of sp³-hybridized carbons (Fsp3) is 0.889. The molecule has 10 nitrogen and oxygen atoms in total. The Labute approximate surface area is 167 Å². The average molecular weight is 408 g/mol. The van der Waals surface area contributed by atoms with Crippen molar-refractivity contribution in [1.82, 2.24) is 5.01 Å². The highest BCUT2D eigenvalue weighted by Crippen LogP contribution is 2.26. The number of hydrogen-bond donors (Lipinski definition) is 4. The molecular formula is C18H37N3O7. The molecule has 0 amide bonds. The van der Waals surface area contributed by atoms with Gasteiger partial charge in [0, 0.05) is 25.8 Å². The van der Waals surface area contributed by atoms with Crippen LogP contribution in [0.25, 0.3) is 0 Å². The second-order valence-corrected chi connectivity index (χ2v) is 6.80. The van der Waals surface area contributed by atoms with Crippen LogP contribution in [0, 0.1) is 5.92 Å². The predicted molar refractivity (Wildman–Crippen MR) is 103 cm³/mol. The zero-order chi connectivity index (χ0) is 20.9. The number of nitrogens with zero attached hydrogens (tertiary/aromatic N) is 1. The SMILES string of the molecule is CCCOCCOCCOC/C(N)=C/N(N)CC1OC(OC)C(C)C(O)C1O. The number of rotatable bonds is 14. The summed E-state index contributed by atoms with van der Waals surface area (Å²) in [6, 6.07) is 0. The summed E-state index contributed by atoms with van der Waals surface area (Å²) in [5, 5.41) is 21.6. The molecule has 5 atom stereocenters. The van der Waals surface area contributed by atoms with E-state index in [1.165, 1.54) is 18.3 Å². The first-order valence-corrected chi connectivity index (χ1v) is 9.65. The molecule has 28 heavy (non-hydrogen) atoms. The number of hydrogen-bond acceptors (Lipinski definition) is 10. The van der Waals surface area contributed by atoms with Crippen molar-refractivity contribution in [2.24, 2.45) is 17.5 Å². The molecule has 1 heterocycles. The van der Waals surface area contributed by atoms with Crippen LogP contribution in [0.5, 0.6) is 0 Å². The predicted octanol–water partition coefficient (Wildman–Crippen LogP) is -0.849. The third kappa shape index (κ3) is 9.01. The summed E-state index contributed by atoms with van der Waals surface area (Å²) in [6.45, 7) is 6.82. The highest BCUT2D eigenvalue weighted by atomic mass is 16.7. The van der Waals surface area contributed by atoms with E-state index in [0.29, 0.717) is 32.1 Å². The Hall–Kier alpha value is -0.980. The molecule has 0 aromatic rings. The lowest BCUT2D eigenvalue weighted by atomic mass is 9.92. The maximum absolute atomic E-state index is 10.2. The number of ether oxygens (including phenoxy) is 5. The molecule has 0 bridgehead atoms. The summed E-state index contributed by atoms with van der Waals surface area (Å²) < 4.78 is 26.9. The Kier molecular flexibility index (Phi) is 12.6. The zero-order valence-electron chi connectivity index (χ0n) is 17.2. The lowest BCUT2D eigenvalue weighted by molar-refractivity contribution is -0.270. The molecule has 0 spiro atoms. The Bertz CT molecular complexity index is 439. The maximum atomic E-state index is 10.2. The minimum atomic E-state index is -1.07. The Balaban J connectivity index is 2.25. The van der Waals surface area contributed by atoms with E-state index < -0.39 is 24.6 Å². The Morgan fingerprint density at radius 2 is 1.68 bits per heavy atom. The highest BCUT2D eigenvalue weighted by Gasteiger charge is 2.42. The van der Waals surface area contributed by atoms with Gasteiger partial charge in [-0.05, 0) is 6.42 Å². The molecule has 0 aliphatic carbocycles. The number of aliphatic hydroxyl groups is 2. The van der Waals surface area contributed by atoms with Gasteiger partial charge < -0.3 is 44.6 Å². The fourth-order valence-corrected chi connectivity index (χ4v) is 2.77. The van der Waals surface area contributed by atoms with E-state index in [2.05, 4.69) is 6.92 Å². The van der Waals surface area contributed by atoms with Gasteiger partial charge in [0.25, 0.3) is 0 Å². The van der Waals surface area contributed by atoms with Gasteiger partial charge in [-0.2, -0.15) is 0 Å². The van der Waals surface area contributed by atoms with Crippen LogP contribution in [0.4, 0.5) is 0 Å². The van der Waals surface area contributed by atoms with Crippen LogP contribution in [0.3, 0.4) is 0 Å². The summed E-state index contributed by atoms with van der Waals surface area (Å²) in [5.74, 6) is 5.56. The van der Waals surface area contributed by atoms with E-state index >= 15 is 0 Å². The largest absolute Gasteiger partial charge is 0.399 e. The van der Waals surface area contributed by atoms with Crippen molar-refractivity contribution in [3.63, 3.8) is 0 Å². The lowest BCUT2D eigenvalue weighted by Crippen LogP contribution is -2.57. The van der Waals surface area contributed by atoms with Crippen LogP contribution in [-0.2, 0) is 23.7 Å². The first kappa shape index (κ1) is 25.1. The number of hydrazine groups is 1. The van der Waals surface area contributed by atoms with Gasteiger partial charge in [0.15, 0.2) is 6.29 Å². The molecule has 1 saturated heterocycles. The van der Waals surface area contributed by atoms with E-state index in [1.54, 1.807) is 6.92 Å². The number of methoxy groups -OCH3 is 1. The molecule has 10 heteroatoms. The van der Waals surface area contributed by atoms with Crippen molar-refractivity contribution < 1.29 is 33.9 Å². The number of nitrogens with two attached hydrogens (primary N) is 2. The van der Waals surface area contributed by atoms with E-state index in [1.807, 2.05) is 0 Å². The van der Waals surface area contributed by atoms with E-state index in [9.17, 15) is 10.2 Å². The maximum Gasteiger partial charge on any atom is 0.162 e. The lowest BCUT2D eigenvalue weighted by Gasteiger charge is -2.41. The van der Waals surface area contributed by atoms with Gasteiger partial charge in [-0.25, -0.2) is 5.84 Å². The molecule has 166 valence electrons. The smallest absolute Gasteiger partial charge is 0.162 e. The van der Waals surface area contributed by atoms with Crippen LogP contribution in [0.1, 0.15) is 20.3 Å². The van der Waals surface area contributed by atoms with Gasteiger partial charge in [-0.1, -0.05) is 13.8 Å². The molecule has 0 radical (unpaired) electrons. The van der Waals surface area contributed by atoms with Crippen LogP contribution < -0.4 is 11.6 Å². The van der Waals surface area contributed by atoms with Crippen LogP contribution in [0.15, 0.2) is 11.9 Å². The standard InChI is InChI=1S/C18H37N3O7/c1-4-5-25-6-7-26-8-9-27-12-14(19)10-21(20)11-15-17(23)16(22)13(2)18(24-3)28-15/h10,13,15-18,22-23H,4-9,11-12,19-20H2,1-3H3/b14-10-. The molecule has 1 aliphatic rings. The molecule has 6 N–H and O–H groups in total. The third-order valence-corrected chi connectivity index (χ3v) is 4.32. The van der Waals surface area contributed by atoms with E-state index in [-0.39, 0.29) is 19.1 Å². The molecule has 1 aliphatic heterocycles. The minimum absolute atomic E-state index is 0.131. The van der Waals surface area contributed by atoms with E-state index in [0.717, 1.165) is 13.0 Å². The van der Waals surface area contributed by atoms with Gasteiger partial charge in [0.05, 0.1) is 51.4 Å². The van der Waals surface area contributed by atoms with Gasteiger partial charge in [0.2, 0.25) is 0 Å². The summed E-state index contributed by atoms with van der Waals surface area (Å²) in [5.41, 5.74) is 6.30. The summed E-state index contributed by atoms with van der Waals surface area (Å²) in [4.78, 5) is 0. The monoisotopic (exact) mass is 407 g/mol. The van der Waals surface area contributed by atoms with Gasteiger partial charge in [-0.3, -0.25) is 0 Å². The second kappa shape index (κ2) is 14.1. The van der Waals surface area contributed by atoms with Gasteiger partial charge in [-0.15, -0.1) is 0 Å². The molecule has 1 rings (SSSR count). The van der Waals surface area contributed by atoms with Crippen LogP contribution in [-0.4, -0.2) is 93.1 Å². The fourth-order valence-electron chi connectivity index (χ4n) is 2.77. The first-order valence-electron chi connectivity index (χ1n) is 9.65. The molecule has 0 aromatic heterocycles. The highest BCUT2D eigenvalue weighted by molar-refractivity contribution is 4.97. The second-order valence-electron chi connectivity index (χ2n) is 6.80. The van der Waals surface area contributed by atoms with Crippen molar-refractivity contribution in [3.05, 3.63) is 11.9 Å². The summed E-state index contributed by atoms with van der Waals surface area (Å²) in [7, 11) is 1.49. The Morgan fingerprint density at radius 1 is 1.07 bits per heavy atom. The topological polar surface area (TPSA) is 142 Å². The third-order valence-electron chi connectivity index (χ3n) is 4.32. The average Bonchev–Trinajstić information content (AvgIpc) is 2.67. The van der Waals surface area contributed by atoms with Crippen molar-refractivity contribution >= 4 is 0 Å². The molecule has 5 unspecified atom stereocenters. The molecule has 1 fully saturated rings. The van der Waals surface area contributed by atoms with Crippen molar-refractivity contribution in [1.29, 1.82) is 0 Å². The molecule has 0 saturated carbocycles. The summed E-state index contributed by atoms with van der Waals surface area (Å²) in [6.07, 6.45) is -0.873. The minimum Gasteiger partial charge on any atom is -0.399 e. The van der Waals surface area contributed by atoms with Crippen molar-refractivity contribution in [2.45, 2.75) is 44.9 Å². The molecule has 0 aromatic carbocycles. The Morgan fingerprint density at radius 3 is 2.29 bits per heavy atom. The normalized spacial score (nSPS) is 28.5. The van der Waals surface area contributed by atoms with Gasteiger partial charge >= 0.3 is 0 Å². The summed E-state index contributed by atoms with van der Waals surface area (Å²) >= 11 is 0. The van der Waals surface area contributed by atoms with Crippen LogP contribution in [0.2, 0.25) is 0 Å². The van der Waals surface area contributed by atoms with E-state index in [4.69, 9.17) is 35.3 Å². The number of aliphatic hydroxyl groups excluding tert-OH is 2. The van der Waals surface area contributed by atoms with Gasteiger partial charge in [0.1, 0.15) is 12.2 Å². The van der Waals surface area contributed by atoms with Crippen LogP contribution >= 0.6 is 0 Å².